The van der Waals surface area contributed by atoms with Crippen LogP contribution in [0.15, 0.2) is 243 Å². The van der Waals surface area contributed by atoms with Crippen molar-refractivity contribution < 1.29 is 0 Å². The van der Waals surface area contributed by atoms with Gasteiger partial charge in [-0.15, -0.1) is 0 Å². The SMILES string of the molecule is C(=C\c1ccc2cc(N(c3ccccc3)c3ccccc3-c3ccccc3)ccc2c1)/c1ccc2cc(N(c3ccccc3)c3ccccc3-c3ccccc3)ccc2c1. The zero-order valence-electron chi connectivity index (χ0n) is 33.1. The molecular weight excluding hydrogens is 725 g/mol. The number of hydrogen-bond acceptors (Lipinski definition) is 2. The van der Waals surface area contributed by atoms with Crippen LogP contribution in [0.4, 0.5) is 34.1 Å². The lowest BCUT2D eigenvalue weighted by atomic mass is 10.0. The third-order valence-electron chi connectivity index (χ3n) is 11.2. The summed E-state index contributed by atoms with van der Waals surface area (Å²) in [6.07, 6.45) is 4.43. The summed E-state index contributed by atoms with van der Waals surface area (Å²) in [6.45, 7) is 0. The average Bonchev–Trinajstić information content (AvgIpc) is 3.32. The number of benzene rings is 10. The molecule has 0 aliphatic carbocycles. The highest BCUT2D eigenvalue weighted by Crippen LogP contribution is 2.43. The van der Waals surface area contributed by atoms with Gasteiger partial charge in [0.15, 0.2) is 0 Å². The number of fused-ring (bicyclic) bond motifs is 2. The number of hydrogen-bond donors (Lipinski definition) is 0. The van der Waals surface area contributed by atoms with Gasteiger partial charge in [0.1, 0.15) is 0 Å². The molecule has 0 aliphatic heterocycles. The first-order valence-corrected chi connectivity index (χ1v) is 20.5. The van der Waals surface area contributed by atoms with Crippen LogP contribution in [0, 0.1) is 0 Å². The molecule has 0 bridgehead atoms. The second-order valence-electron chi connectivity index (χ2n) is 15.0. The Hall–Kier alpha value is -7.94. The van der Waals surface area contributed by atoms with E-state index in [1.807, 2.05) is 0 Å². The first kappa shape index (κ1) is 36.4. The van der Waals surface area contributed by atoms with Gasteiger partial charge < -0.3 is 9.80 Å². The Morgan fingerprint density at radius 1 is 0.250 bits per heavy atom. The molecule has 10 aromatic carbocycles. The lowest BCUT2D eigenvalue weighted by molar-refractivity contribution is 1.29. The molecule has 0 radical (unpaired) electrons. The van der Waals surface area contributed by atoms with E-state index in [1.165, 1.54) is 43.8 Å². The predicted octanol–water partition coefficient (Wildman–Crippen LogP) is 16.4. The van der Waals surface area contributed by atoms with Crippen molar-refractivity contribution in [1.82, 2.24) is 0 Å². The van der Waals surface area contributed by atoms with Crippen molar-refractivity contribution in [1.29, 1.82) is 0 Å². The van der Waals surface area contributed by atoms with E-state index < -0.39 is 0 Å². The lowest BCUT2D eigenvalue weighted by Gasteiger charge is -2.28. The van der Waals surface area contributed by atoms with Crippen LogP contribution < -0.4 is 9.80 Å². The largest absolute Gasteiger partial charge is 0.310 e. The number of nitrogens with zero attached hydrogens (tertiary/aromatic N) is 2. The van der Waals surface area contributed by atoms with Gasteiger partial charge in [0.2, 0.25) is 0 Å². The summed E-state index contributed by atoms with van der Waals surface area (Å²) in [4.78, 5) is 4.72. The standard InChI is InChI=1S/C58H42N2/c1-5-17-45(18-6-1)55-25-13-15-27-57(55)59(51-21-9-3-10-22-51)53-37-35-47-39-43(31-33-49(47)41-53)29-30-44-32-34-50-42-54(38-36-48(50)40-44)60(52-23-11-4-12-24-52)58-28-16-14-26-56(58)46-19-7-2-8-20-46/h1-42H/b30-29+. The Kier molecular flexibility index (Phi) is 10.0. The number of rotatable bonds is 10. The van der Waals surface area contributed by atoms with Crippen molar-refractivity contribution in [3.05, 3.63) is 254 Å². The quantitative estimate of drug-likeness (QED) is 0.128. The molecule has 2 nitrogen and oxygen atoms in total. The monoisotopic (exact) mass is 766 g/mol. The second kappa shape index (κ2) is 16.5. The van der Waals surface area contributed by atoms with Gasteiger partial charge in [-0.2, -0.15) is 0 Å². The Bertz CT molecular complexity index is 2870. The van der Waals surface area contributed by atoms with Crippen LogP contribution >= 0.6 is 0 Å². The van der Waals surface area contributed by atoms with Crippen molar-refractivity contribution in [2.75, 3.05) is 9.80 Å². The molecule has 10 rings (SSSR count). The Morgan fingerprint density at radius 2 is 0.583 bits per heavy atom. The zero-order valence-corrected chi connectivity index (χ0v) is 33.1. The van der Waals surface area contributed by atoms with E-state index >= 15 is 0 Å². The third kappa shape index (κ3) is 7.46. The molecule has 2 heteroatoms. The van der Waals surface area contributed by atoms with E-state index in [-0.39, 0.29) is 0 Å². The molecule has 0 saturated heterocycles. The summed E-state index contributed by atoms with van der Waals surface area (Å²) in [5.41, 5.74) is 13.8. The van der Waals surface area contributed by atoms with Crippen LogP contribution in [0.3, 0.4) is 0 Å². The van der Waals surface area contributed by atoms with Crippen LogP contribution in [0.1, 0.15) is 11.1 Å². The number of para-hydroxylation sites is 4. The lowest BCUT2D eigenvalue weighted by Crippen LogP contribution is -2.11. The summed E-state index contributed by atoms with van der Waals surface area (Å²) in [6, 6.07) is 86.9. The summed E-state index contributed by atoms with van der Waals surface area (Å²) >= 11 is 0. The third-order valence-corrected chi connectivity index (χ3v) is 11.2. The highest BCUT2D eigenvalue weighted by atomic mass is 15.1. The van der Waals surface area contributed by atoms with Gasteiger partial charge in [-0.05, 0) is 117 Å². The van der Waals surface area contributed by atoms with E-state index in [1.54, 1.807) is 0 Å². The van der Waals surface area contributed by atoms with Crippen LogP contribution in [-0.2, 0) is 0 Å². The summed E-state index contributed by atoms with van der Waals surface area (Å²) in [5.74, 6) is 0. The minimum atomic E-state index is 1.12. The molecule has 0 N–H and O–H groups in total. The van der Waals surface area contributed by atoms with Crippen molar-refractivity contribution in [2.45, 2.75) is 0 Å². The Morgan fingerprint density at radius 3 is 1.00 bits per heavy atom. The summed E-state index contributed by atoms with van der Waals surface area (Å²) in [7, 11) is 0. The van der Waals surface area contributed by atoms with Gasteiger partial charge >= 0.3 is 0 Å². The van der Waals surface area contributed by atoms with E-state index in [0.717, 1.165) is 45.3 Å². The predicted molar refractivity (Wildman–Crippen MR) is 257 cm³/mol. The maximum Gasteiger partial charge on any atom is 0.0540 e. The van der Waals surface area contributed by atoms with Crippen LogP contribution in [-0.4, -0.2) is 0 Å². The molecule has 0 amide bonds. The fourth-order valence-corrected chi connectivity index (χ4v) is 8.25. The molecule has 0 spiro atoms. The fourth-order valence-electron chi connectivity index (χ4n) is 8.25. The van der Waals surface area contributed by atoms with Gasteiger partial charge in [0, 0.05) is 33.9 Å². The maximum atomic E-state index is 2.36. The van der Waals surface area contributed by atoms with Crippen molar-refractivity contribution >= 4 is 67.8 Å². The molecule has 10 aromatic rings. The summed E-state index contributed by atoms with van der Waals surface area (Å²) < 4.78 is 0. The van der Waals surface area contributed by atoms with Crippen LogP contribution in [0.25, 0.3) is 56.0 Å². The first-order chi connectivity index (χ1) is 29.7. The molecule has 0 heterocycles. The van der Waals surface area contributed by atoms with Gasteiger partial charge in [0.05, 0.1) is 11.4 Å². The van der Waals surface area contributed by atoms with E-state index in [4.69, 9.17) is 0 Å². The van der Waals surface area contributed by atoms with Gasteiger partial charge in [-0.3, -0.25) is 0 Å². The first-order valence-electron chi connectivity index (χ1n) is 20.5. The minimum absolute atomic E-state index is 1.12. The van der Waals surface area contributed by atoms with Crippen LogP contribution in [0.2, 0.25) is 0 Å². The molecule has 284 valence electrons. The van der Waals surface area contributed by atoms with Gasteiger partial charge in [-0.25, -0.2) is 0 Å². The summed E-state index contributed by atoms with van der Waals surface area (Å²) in [5, 5.41) is 4.79. The topological polar surface area (TPSA) is 6.48 Å². The van der Waals surface area contributed by atoms with Crippen molar-refractivity contribution in [3.8, 4) is 22.3 Å². The minimum Gasteiger partial charge on any atom is -0.310 e. The molecule has 0 aromatic heterocycles. The zero-order chi connectivity index (χ0) is 40.1. The van der Waals surface area contributed by atoms with Crippen molar-refractivity contribution in [3.63, 3.8) is 0 Å². The highest BCUT2D eigenvalue weighted by Gasteiger charge is 2.19. The Labute approximate surface area is 352 Å². The van der Waals surface area contributed by atoms with Crippen LogP contribution in [0.5, 0.6) is 0 Å². The van der Waals surface area contributed by atoms with E-state index in [9.17, 15) is 0 Å². The molecular formula is C58H42N2. The fraction of sp³-hybridized carbons (Fsp3) is 0. The normalized spacial score (nSPS) is 11.3. The average molecular weight is 767 g/mol. The highest BCUT2D eigenvalue weighted by molar-refractivity contribution is 5.96. The van der Waals surface area contributed by atoms with E-state index in [2.05, 4.69) is 265 Å². The molecule has 0 saturated carbocycles. The molecule has 60 heavy (non-hydrogen) atoms. The molecule has 0 unspecified atom stereocenters. The molecule has 0 atom stereocenters. The van der Waals surface area contributed by atoms with Gasteiger partial charge in [-0.1, -0.05) is 182 Å². The number of anilines is 6. The van der Waals surface area contributed by atoms with Gasteiger partial charge in [0.25, 0.3) is 0 Å². The Balaban J connectivity index is 0.941. The molecule has 0 aliphatic rings. The second-order valence-corrected chi connectivity index (χ2v) is 15.0. The molecule has 0 fully saturated rings. The maximum absolute atomic E-state index is 2.36. The van der Waals surface area contributed by atoms with E-state index in [0.29, 0.717) is 0 Å². The smallest absolute Gasteiger partial charge is 0.0540 e. The van der Waals surface area contributed by atoms with Crippen molar-refractivity contribution in [2.24, 2.45) is 0 Å².